The highest BCUT2D eigenvalue weighted by Crippen LogP contribution is 2.41. The maximum Gasteiger partial charge on any atom is 0.295 e. The molecule has 0 fully saturated rings. The molecule has 122 valence electrons. The summed E-state index contributed by atoms with van der Waals surface area (Å²) in [6.07, 6.45) is 0. The van der Waals surface area contributed by atoms with Gasteiger partial charge in [-0.2, -0.15) is 12.2 Å². The van der Waals surface area contributed by atoms with Crippen LogP contribution in [0.1, 0.15) is 6.92 Å². The second-order valence-electron chi connectivity index (χ2n) is 4.14. The summed E-state index contributed by atoms with van der Waals surface area (Å²) in [6, 6.07) is 8.78. The molecule has 0 aliphatic heterocycles. The van der Waals surface area contributed by atoms with Crippen molar-refractivity contribution < 1.29 is 18.1 Å². The van der Waals surface area contributed by atoms with Gasteiger partial charge in [-0.25, -0.2) is 0 Å². The molecule has 0 radical (unpaired) electrons. The molecule has 0 N–H and O–H groups in total. The summed E-state index contributed by atoms with van der Waals surface area (Å²) >= 11 is 7.13. The van der Waals surface area contributed by atoms with Crippen LogP contribution in [-0.2, 0) is 14.8 Å². The number of rotatable bonds is 5. The first-order valence-electron chi connectivity index (χ1n) is 5.96. The van der Waals surface area contributed by atoms with Crippen molar-refractivity contribution in [1.82, 2.24) is 0 Å². The Kier molecular flexibility index (Phi) is 5.30. The summed E-state index contributed by atoms with van der Waals surface area (Å²) in [5.41, 5.74) is -0.238. The lowest BCUT2D eigenvalue weighted by Crippen LogP contribution is -2.20. The van der Waals surface area contributed by atoms with Gasteiger partial charge in [0.25, 0.3) is 15.7 Å². The molecule has 0 bridgehead atoms. The van der Waals surface area contributed by atoms with E-state index in [4.69, 9.17) is 11.8 Å². The van der Waals surface area contributed by atoms with Crippen LogP contribution in [-0.4, -0.2) is 18.5 Å². The van der Waals surface area contributed by atoms with Gasteiger partial charge in [0.2, 0.25) is 0 Å². The normalized spacial score (nSPS) is 11.2. The number of nitrogens with zero attached hydrogens (tertiary/aromatic N) is 2. The molecule has 1 aromatic heterocycles. The minimum Gasteiger partial charge on any atom is -0.287 e. The molecule has 0 spiro atoms. The van der Waals surface area contributed by atoms with Crippen LogP contribution in [0.3, 0.4) is 0 Å². The van der Waals surface area contributed by atoms with Gasteiger partial charge in [0.05, 0.1) is 10.6 Å². The Morgan fingerprint density at radius 2 is 1.96 bits per heavy atom. The van der Waals surface area contributed by atoms with Crippen molar-refractivity contribution in [1.29, 1.82) is 0 Å². The minimum absolute atomic E-state index is 0.000738. The van der Waals surface area contributed by atoms with E-state index in [0.717, 1.165) is 6.07 Å². The van der Waals surface area contributed by atoms with E-state index in [1.165, 1.54) is 19.1 Å². The zero-order valence-corrected chi connectivity index (χ0v) is 14.7. The first-order valence-corrected chi connectivity index (χ1v) is 9.37. The molecular formula is C12H9ClN2O5S3. The molecule has 1 heterocycles. The molecular weight excluding hydrogens is 384 g/mol. The van der Waals surface area contributed by atoms with E-state index in [1.807, 2.05) is 0 Å². The minimum atomic E-state index is -4.17. The van der Waals surface area contributed by atoms with Crippen LogP contribution in [0.4, 0.5) is 11.4 Å². The molecule has 0 aliphatic rings. The fraction of sp³-hybridized carbons (Fsp3) is 0.0833. The van der Waals surface area contributed by atoms with Gasteiger partial charge in [0.15, 0.2) is 5.12 Å². The van der Waals surface area contributed by atoms with Gasteiger partial charge in [-0.1, -0.05) is 18.2 Å². The van der Waals surface area contributed by atoms with Crippen molar-refractivity contribution in [2.45, 2.75) is 15.3 Å². The molecule has 2 rings (SSSR count). The Balaban J connectivity index is 2.48. The smallest absolute Gasteiger partial charge is 0.287 e. The average Bonchev–Trinajstić information content (AvgIpc) is 2.91. The predicted octanol–water partition coefficient (Wildman–Crippen LogP) is 3.64. The summed E-state index contributed by atoms with van der Waals surface area (Å²) in [6.45, 7) is 1.24. The molecule has 0 atom stereocenters. The largest absolute Gasteiger partial charge is 0.295 e. The number of halogens is 1. The lowest BCUT2D eigenvalue weighted by molar-refractivity contribution is -0.387. The third kappa shape index (κ3) is 3.83. The number of thioether (sulfide) groups is 1. The Labute approximate surface area is 145 Å². The number of anilines is 1. The topological polar surface area (TPSA) is 97.6 Å². The number of sulfonamides is 1. The highest BCUT2D eigenvalue weighted by atomic mass is 35.5. The maximum absolute atomic E-state index is 12.5. The number of nitro groups is 1. The van der Waals surface area contributed by atoms with E-state index < -0.39 is 20.6 Å². The first-order chi connectivity index (χ1) is 10.7. The third-order valence-electron chi connectivity index (χ3n) is 2.51. The summed E-state index contributed by atoms with van der Waals surface area (Å²) in [5, 5.41) is 10.6. The SMILES string of the molecule is CC(=O)Sc1sc(S(=O)(=O)N(Cl)c2ccccc2)cc1[N+](=O)[O-]. The predicted molar refractivity (Wildman–Crippen MR) is 89.5 cm³/mol. The highest BCUT2D eigenvalue weighted by Gasteiger charge is 2.31. The number of para-hydroxylation sites is 1. The van der Waals surface area contributed by atoms with Crippen LogP contribution in [0.15, 0.2) is 44.8 Å². The van der Waals surface area contributed by atoms with Gasteiger partial charge in [-0.3, -0.25) is 14.9 Å². The van der Waals surface area contributed by atoms with Gasteiger partial charge in [-0.05, 0) is 23.9 Å². The van der Waals surface area contributed by atoms with Gasteiger partial charge in [0.1, 0.15) is 8.42 Å². The van der Waals surface area contributed by atoms with Crippen LogP contribution in [0, 0.1) is 10.1 Å². The molecule has 2 aromatic rings. The van der Waals surface area contributed by atoms with Gasteiger partial charge >= 0.3 is 0 Å². The van der Waals surface area contributed by atoms with E-state index in [0.29, 0.717) is 26.9 Å². The van der Waals surface area contributed by atoms with Crippen LogP contribution in [0.5, 0.6) is 0 Å². The van der Waals surface area contributed by atoms with Crippen molar-refractivity contribution >= 4 is 61.4 Å². The molecule has 0 unspecified atom stereocenters. The number of hydrogen-bond donors (Lipinski definition) is 0. The van der Waals surface area contributed by atoms with Gasteiger partial charge < -0.3 is 0 Å². The number of hydrogen-bond acceptors (Lipinski definition) is 7. The van der Waals surface area contributed by atoms with E-state index in [2.05, 4.69) is 0 Å². The van der Waals surface area contributed by atoms with Crippen LogP contribution in [0.2, 0.25) is 0 Å². The number of thiophene rings is 1. The fourth-order valence-corrected chi connectivity index (χ4v) is 5.77. The molecule has 0 amide bonds. The second kappa shape index (κ2) is 6.87. The lowest BCUT2D eigenvalue weighted by Gasteiger charge is -2.14. The molecule has 11 heteroatoms. The molecule has 7 nitrogen and oxygen atoms in total. The summed E-state index contributed by atoms with van der Waals surface area (Å²) < 4.78 is 25.2. The van der Waals surface area contributed by atoms with Crippen molar-refractivity contribution in [3.05, 3.63) is 46.5 Å². The van der Waals surface area contributed by atoms with Crippen LogP contribution < -0.4 is 3.82 Å². The zero-order chi connectivity index (χ0) is 17.2. The highest BCUT2D eigenvalue weighted by molar-refractivity contribution is 8.15. The van der Waals surface area contributed by atoms with Crippen molar-refractivity contribution in [2.75, 3.05) is 3.82 Å². The van der Waals surface area contributed by atoms with Crippen molar-refractivity contribution in [2.24, 2.45) is 0 Å². The van der Waals surface area contributed by atoms with Crippen molar-refractivity contribution in [3.63, 3.8) is 0 Å². The molecule has 0 saturated heterocycles. The third-order valence-corrected chi connectivity index (χ3v) is 7.29. The molecule has 0 saturated carbocycles. The number of benzene rings is 1. The van der Waals surface area contributed by atoms with E-state index in [-0.39, 0.29) is 19.2 Å². The second-order valence-corrected chi connectivity index (χ2v) is 9.19. The maximum atomic E-state index is 12.5. The first kappa shape index (κ1) is 17.7. The molecule has 1 aromatic carbocycles. The number of carbonyl (C=O) groups is 1. The number of carbonyl (C=O) groups excluding carboxylic acids is 1. The zero-order valence-electron chi connectivity index (χ0n) is 11.5. The van der Waals surface area contributed by atoms with E-state index >= 15 is 0 Å². The van der Waals surface area contributed by atoms with Crippen molar-refractivity contribution in [3.8, 4) is 0 Å². The van der Waals surface area contributed by atoms with Gasteiger partial charge in [0, 0.05) is 24.8 Å². The Bertz CT molecular complexity index is 851. The monoisotopic (exact) mass is 392 g/mol. The van der Waals surface area contributed by atoms with E-state index in [9.17, 15) is 23.3 Å². The standard InChI is InChI=1S/C12H9ClN2O5S3/c1-8(16)21-12-10(15(17)18)7-11(22-12)23(19,20)14(13)9-5-3-2-4-6-9/h2-7H,1H3. The quantitative estimate of drug-likeness (QED) is 0.333. The average molecular weight is 393 g/mol. The fourth-order valence-electron chi connectivity index (χ4n) is 1.56. The Morgan fingerprint density at radius 1 is 1.35 bits per heavy atom. The summed E-state index contributed by atoms with van der Waals surface area (Å²) in [4.78, 5) is 21.5. The lowest BCUT2D eigenvalue weighted by atomic mass is 10.3. The Hall–Kier alpha value is -1.62. The van der Waals surface area contributed by atoms with Crippen LogP contribution >= 0.6 is 34.9 Å². The molecule has 23 heavy (non-hydrogen) atoms. The van der Waals surface area contributed by atoms with Gasteiger partial charge in [-0.15, -0.1) is 11.3 Å². The summed E-state index contributed by atoms with van der Waals surface area (Å²) in [5.74, 6) is 0. The Morgan fingerprint density at radius 3 is 2.48 bits per heavy atom. The summed E-state index contributed by atoms with van der Waals surface area (Å²) in [7, 11) is -4.17. The van der Waals surface area contributed by atoms with Crippen LogP contribution in [0.25, 0.3) is 0 Å². The van der Waals surface area contributed by atoms with E-state index in [1.54, 1.807) is 18.2 Å². The molecule has 0 aliphatic carbocycles.